The third-order valence-electron chi connectivity index (χ3n) is 3.33. The standard InChI is InChI=1S/C16H15ClS2/c17-15-7-3-1-5-12(15)9-18-10-13-11-19-16-8-4-2-6-14(13)16/h1-8,13H,9-11H2. The molecule has 3 rings (SSSR count). The van der Waals surface area contributed by atoms with Crippen LogP contribution in [0.25, 0.3) is 0 Å². The summed E-state index contributed by atoms with van der Waals surface area (Å²) in [6, 6.07) is 16.9. The van der Waals surface area contributed by atoms with Crippen LogP contribution in [0.4, 0.5) is 0 Å². The molecule has 1 heterocycles. The van der Waals surface area contributed by atoms with E-state index in [1.807, 2.05) is 35.7 Å². The summed E-state index contributed by atoms with van der Waals surface area (Å²) in [7, 11) is 0. The summed E-state index contributed by atoms with van der Waals surface area (Å²) in [4.78, 5) is 1.46. The Bertz CT molecular complexity index is 568. The summed E-state index contributed by atoms with van der Waals surface area (Å²) in [5, 5.41) is 0.885. The van der Waals surface area contributed by atoms with Crippen molar-refractivity contribution in [2.24, 2.45) is 0 Å². The van der Waals surface area contributed by atoms with Crippen molar-refractivity contribution in [3.05, 3.63) is 64.7 Å². The lowest BCUT2D eigenvalue weighted by molar-refractivity contribution is 0.896. The summed E-state index contributed by atoms with van der Waals surface area (Å²) in [5.74, 6) is 4.08. The number of halogens is 1. The topological polar surface area (TPSA) is 0 Å². The molecule has 19 heavy (non-hydrogen) atoms. The van der Waals surface area contributed by atoms with Crippen LogP contribution in [-0.4, -0.2) is 11.5 Å². The first-order chi connectivity index (χ1) is 9.34. The predicted molar refractivity (Wildman–Crippen MR) is 87.5 cm³/mol. The molecule has 2 aromatic carbocycles. The second kappa shape index (κ2) is 6.25. The molecule has 0 amide bonds. The van der Waals surface area contributed by atoms with Gasteiger partial charge in [-0.2, -0.15) is 11.8 Å². The van der Waals surface area contributed by atoms with Gasteiger partial charge in [-0.05, 0) is 23.3 Å². The fraction of sp³-hybridized carbons (Fsp3) is 0.250. The molecule has 3 heteroatoms. The van der Waals surface area contributed by atoms with E-state index in [1.54, 1.807) is 0 Å². The molecule has 0 bridgehead atoms. The molecule has 0 fully saturated rings. The van der Waals surface area contributed by atoms with Crippen LogP contribution in [0.2, 0.25) is 5.02 Å². The van der Waals surface area contributed by atoms with Crippen LogP contribution >= 0.6 is 35.1 Å². The molecule has 0 nitrogen and oxygen atoms in total. The minimum absolute atomic E-state index is 0.689. The number of rotatable bonds is 4. The van der Waals surface area contributed by atoms with Gasteiger partial charge in [0.1, 0.15) is 0 Å². The maximum absolute atomic E-state index is 6.18. The van der Waals surface area contributed by atoms with Crippen molar-refractivity contribution in [3.8, 4) is 0 Å². The minimum atomic E-state index is 0.689. The summed E-state index contributed by atoms with van der Waals surface area (Å²) in [6.07, 6.45) is 0. The Labute approximate surface area is 127 Å². The van der Waals surface area contributed by atoms with Crippen molar-refractivity contribution in [1.82, 2.24) is 0 Å². The van der Waals surface area contributed by atoms with Gasteiger partial charge in [-0.1, -0.05) is 48.0 Å². The Morgan fingerprint density at radius 2 is 1.89 bits per heavy atom. The summed E-state index contributed by atoms with van der Waals surface area (Å²) < 4.78 is 0. The van der Waals surface area contributed by atoms with Crippen LogP contribution in [0.5, 0.6) is 0 Å². The molecule has 98 valence electrons. The van der Waals surface area contributed by atoms with Crippen molar-refractivity contribution < 1.29 is 0 Å². The molecule has 0 aliphatic carbocycles. The van der Waals surface area contributed by atoms with Gasteiger partial charge >= 0.3 is 0 Å². The highest BCUT2D eigenvalue weighted by Gasteiger charge is 2.22. The molecule has 0 saturated carbocycles. The van der Waals surface area contributed by atoms with E-state index >= 15 is 0 Å². The molecular weight excluding hydrogens is 292 g/mol. The first kappa shape index (κ1) is 13.4. The molecule has 1 unspecified atom stereocenters. The molecule has 0 N–H and O–H groups in total. The number of hydrogen-bond donors (Lipinski definition) is 0. The van der Waals surface area contributed by atoms with Gasteiger partial charge in [-0.25, -0.2) is 0 Å². The minimum Gasteiger partial charge on any atom is -0.156 e. The molecule has 0 spiro atoms. The molecule has 1 aliphatic rings. The smallest absolute Gasteiger partial charge is 0.0446 e. The van der Waals surface area contributed by atoms with Crippen molar-refractivity contribution in [2.45, 2.75) is 16.6 Å². The van der Waals surface area contributed by atoms with Crippen LogP contribution in [-0.2, 0) is 5.75 Å². The first-order valence-corrected chi connectivity index (χ1v) is 8.89. The number of thioether (sulfide) groups is 2. The molecule has 0 saturated heterocycles. The van der Waals surface area contributed by atoms with Gasteiger partial charge in [0.2, 0.25) is 0 Å². The summed E-state index contributed by atoms with van der Waals surface area (Å²) >= 11 is 10.2. The fourth-order valence-corrected chi connectivity index (χ4v) is 5.15. The van der Waals surface area contributed by atoms with Crippen molar-refractivity contribution in [3.63, 3.8) is 0 Å². The van der Waals surface area contributed by atoms with Gasteiger partial charge in [0.15, 0.2) is 0 Å². The van der Waals surface area contributed by atoms with Crippen LogP contribution in [0.15, 0.2) is 53.4 Å². The Morgan fingerprint density at radius 3 is 2.79 bits per heavy atom. The molecule has 1 atom stereocenters. The zero-order valence-electron chi connectivity index (χ0n) is 10.5. The summed E-state index contributed by atoms with van der Waals surface area (Å²) in [6.45, 7) is 0. The maximum atomic E-state index is 6.18. The lowest BCUT2D eigenvalue weighted by atomic mass is 10.0. The second-order valence-corrected chi connectivity index (χ2v) is 7.15. The van der Waals surface area contributed by atoms with E-state index < -0.39 is 0 Å². The van der Waals surface area contributed by atoms with E-state index in [4.69, 9.17) is 11.6 Å². The quantitative estimate of drug-likeness (QED) is 0.735. The van der Waals surface area contributed by atoms with E-state index in [-0.39, 0.29) is 0 Å². The SMILES string of the molecule is Clc1ccccc1CSCC1CSc2ccccc21. The average molecular weight is 307 g/mol. The van der Waals surface area contributed by atoms with E-state index in [9.17, 15) is 0 Å². The maximum Gasteiger partial charge on any atom is 0.0446 e. The van der Waals surface area contributed by atoms with Gasteiger partial charge in [0.25, 0.3) is 0 Å². The normalized spacial score (nSPS) is 17.4. The van der Waals surface area contributed by atoms with Crippen LogP contribution in [0.3, 0.4) is 0 Å². The highest BCUT2D eigenvalue weighted by Crippen LogP contribution is 2.41. The zero-order valence-corrected chi connectivity index (χ0v) is 12.9. The first-order valence-electron chi connectivity index (χ1n) is 6.37. The number of benzene rings is 2. The van der Waals surface area contributed by atoms with E-state index in [1.165, 1.54) is 27.5 Å². The zero-order chi connectivity index (χ0) is 13.1. The highest BCUT2D eigenvalue weighted by atomic mass is 35.5. The third kappa shape index (κ3) is 3.13. The highest BCUT2D eigenvalue weighted by molar-refractivity contribution is 8.00. The van der Waals surface area contributed by atoms with Crippen LogP contribution < -0.4 is 0 Å². The Hall–Kier alpha value is -0.570. The van der Waals surface area contributed by atoms with Crippen LogP contribution in [0, 0.1) is 0 Å². The monoisotopic (exact) mass is 306 g/mol. The van der Waals surface area contributed by atoms with Crippen molar-refractivity contribution >= 4 is 35.1 Å². The second-order valence-electron chi connectivity index (χ2n) is 4.65. The average Bonchev–Trinajstić information content (AvgIpc) is 2.85. The van der Waals surface area contributed by atoms with E-state index in [2.05, 4.69) is 36.4 Å². The Morgan fingerprint density at radius 1 is 1.11 bits per heavy atom. The Kier molecular flexibility index (Phi) is 4.42. The lowest BCUT2D eigenvalue weighted by Crippen LogP contribution is -2.00. The van der Waals surface area contributed by atoms with Gasteiger partial charge in [-0.3, -0.25) is 0 Å². The predicted octanol–water partition coefficient (Wildman–Crippen LogP) is 5.46. The third-order valence-corrected chi connectivity index (χ3v) is 6.11. The van der Waals surface area contributed by atoms with E-state index in [0.717, 1.165) is 10.8 Å². The molecule has 2 aromatic rings. The van der Waals surface area contributed by atoms with Crippen molar-refractivity contribution in [1.29, 1.82) is 0 Å². The lowest BCUT2D eigenvalue weighted by Gasteiger charge is -2.10. The van der Waals surface area contributed by atoms with Gasteiger partial charge in [0.05, 0.1) is 0 Å². The van der Waals surface area contributed by atoms with Crippen molar-refractivity contribution in [2.75, 3.05) is 11.5 Å². The molecule has 0 aromatic heterocycles. The van der Waals surface area contributed by atoms with E-state index in [0.29, 0.717) is 5.92 Å². The van der Waals surface area contributed by atoms with Gasteiger partial charge in [0, 0.05) is 33.1 Å². The molecule has 0 radical (unpaired) electrons. The summed E-state index contributed by atoms with van der Waals surface area (Å²) in [5.41, 5.74) is 2.77. The number of fused-ring (bicyclic) bond motifs is 1. The molecular formula is C16H15ClS2. The number of hydrogen-bond acceptors (Lipinski definition) is 2. The fourth-order valence-electron chi connectivity index (χ4n) is 2.29. The largest absolute Gasteiger partial charge is 0.156 e. The molecule has 1 aliphatic heterocycles. The van der Waals surface area contributed by atoms with Gasteiger partial charge < -0.3 is 0 Å². The van der Waals surface area contributed by atoms with Crippen LogP contribution in [0.1, 0.15) is 17.0 Å². The Balaban J connectivity index is 1.58. The van der Waals surface area contributed by atoms with Gasteiger partial charge in [-0.15, -0.1) is 11.8 Å².